The van der Waals surface area contributed by atoms with Gasteiger partial charge in [0, 0.05) is 0 Å². The molecule has 0 saturated carbocycles. The van der Waals surface area contributed by atoms with Crippen LogP contribution in [0, 0.1) is 12.7 Å². The highest BCUT2D eigenvalue weighted by Crippen LogP contribution is 2.24. The molecule has 6 nitrogen and oxygen atoms in total. The number of nitrogens with one attached hydrogen (secondary N) is 1. The number of benzene rings is 3. The molecule has 8 heteroatoms. The first-order chi connectivity index (χ1) is 15.2. The van der Waals surface area contributed by atoms with Crippen LogP contribution in [0.2, 0.25) is 0 Å². The minimum atomic E-state index is -4.05. The van der Waals surface area contributed by atoms with E-state index < -0.39 is 28.3 Å². The van der Waals surface area contributed by atoms with Crippen molar-refractivity contribution in [3.8, 4) is 5.75 Å². The molecule has 0 aliphatic carbocycles. The standard InChI is InChI=1S/C24H25FN2O4S/c1-17-4-14-23(15-5-17)32(29,30)27(21-10-8-20(25)9-11-21)16-24(28)26-18(2)19-6-12-22(31-3)13-7-19/h4-15,18H,16H2,1-3H3,(H,26,28)/t18-/m1/s1. The lowest BCUT2D eigenvalue weighted by molar-refractivity contribution is -0.120. The monoisotopic (exact) mass is 456 g/mol. The van der Waals surface area contributed by atoms with Crippen LogP contribution in [0.4, 0.5) is 10.1 Å². The Morgan fingerprint density at radius 3 is 2.16 bits per heavy atom. The molecule has 0 spiro atoms. The summed E-state index contributed by atoms with van der Waals surface area (Å²) in [6.45, 7) is 3.20. The molecule has 0 radical (unpaired) electrons. The highest BCUT2D eigenvalue weighted by atomic mass is 32.2. The topological polar surface area (TPSA) is 75.7 Å². The third kappa shape index (κ3) is 5.45. The number of hydrogen-bond acceptors (Lipinski definition) is 4. The number of carbonyl (C=O) groups is 1. The molecule has 1 atom stereocenters. The lowest BCUT2D eigenvalue weighted by Crippen LogP contribution is -2.41. The minimum absolute atomic E-state index is 0.0448. The number of amides is 1. The predicted octanol–water partition coefficient (Wildman–Crippen LogP) is 4.22. The number of sulfonamides is 1. The van der Waals surface area contributed by atoms with Crippen LogP contribution in [0.25, 0.3) is 0 Å². The highest BCUT2D eigenvalue weighted by Gasteiger charge is 2.27. The average molecular weight is 457 g/mol. The first kappa shape index (κ1) is 23.3. The zero-order valence-electron chi connectivity index (χ0n) is 18.1. The van der Waals surface area contributed by atoms with Gasteiger partial charge in [0.2, 0.25) is 5.91 Å². The molecule has 0 saturated heterocycles. The van der Waals surface area contributed by atoms with Crippen LogP contribution in [0.1, 0.15) is 24.1 Å². The average Bonchev–Trinajstić information content (AvgIpc) is 2.78. The Morgan fingerprint density at radius 2 is 1.59 bits per heavy atom. The molecule has 3 aromatic rings. The van der Waals surface area contributed by atoms with Crippen molar-refractivity contribution >= 4 is 21.6 Å². The first-order valence-corrected chi connectivity index (χ1v) is 11.4. The maximum Gasteiger partial charge on any atom is 0.264 e. The number of rotatable bonds is 8. The highest BCUT2D eigenvalue weighted by molar-refractivity contribution is 7.92. The Hall–Kier alpha value is -3.39. The van der Waals surface area contributed by atoms with Crippen LogP contribution in [0.15, 0.2) is 77.7 Å². The number of anilines is 1. The van der Waals surface area contributed by atoms with Crippen molar-refractivity contribution in [2.75, 3.05) is 18.0 Å². The van der Waals surface area contributed by atoms with Crippen LogP contribution in [-0.4, -0.2) is 28.0 Å². The summed E-state index contributed by atoms with van der Waals surface area (Å²) in [5, 5.41) is 2.82. The van der Waals surface area contributed by atoms with Crippen molar-refractivity contribution in [3.05, 3.63) is 89.7 Å². The molecule has 1 amide bonds. The van der Waals surface area contributed by atoms with Gasteiger partial charge in [-0.25, -0.2) is 12.8 Å². The number of halogens is 1. The van der Waals surface area contributed by atoms with Gasteiger partial charge in [-0.1, -0.05) is 29.8 Å². The summed E-state index contributed by atoms with van der Waals surface area (Å²) in [5.41, 5.74) is 1.94. The summed E-state index contributed by atoms with van der Waals surface area (Å²) in [7, 11) is -2.49. The van der Waals surface area contributed by atoms with E-state index in [1.54, 1.807) is 38.3 Å². The molecule has 0 aromatic heterocycles. The summed E-state index contributed by atoms with van der Waals surface area (Å²) in [4.78, 5) is 12.9. The molecule has 0 aliphatic rings. The van der Waals surface area contributed by atoms with Gasteiger partial charge in [0.15, 0.2) is 0 Å². The SMILES string of the molecule is COc1ccc([C@@H](C)NC(=O)CN(c2ccc(F)cc2)S(=O)(=O)c2ccc(C)cc2)cc1. The Morgan fingerprint density at radius 1 is 1.00 bits per heavy atom. The van der Waals surface area contributed by atoms with Gasteiger partial charge in [-0.2, -0.15) is 0 Å². The van der Waals surface area contributed by atoms with Crippen molar-refractivity contribution in [3.63, 3.8) is 0 Å². The zero-order chi connectivity index (χ0) is 23.3. The quantitative estimate of drug-likeness (QED) is 0.551. The molecule has 0 aliphatic heterocycles. The van der Waals surface area contributed by atoms with Crippen LogP contribution in [-0.2, 0) is 14.8 Å². The van der Waals surface area contributed by atoms with Crippen molar-refractivity contribution in [1.29, 1.82) is 0 Å². The summed E-state index contributed by atoms with van der Waals surface area (Å²) in [5.74, 6) is -0.300. The Balaban J connectivity index is 1.85. The van der Waals surface area contributed by atoms with Gasteiger partial charge in [0.05, 0.1) is 23.7 Å². The van der Waals surface area contributed by atoms with Gasteiger partial charge < -0.3 is 10.1 Å². The van der Waals surface area contributed by atoms with Crippen molar-refractivity contribution in [2.45, 2.75) is 24.8 Å². The largest absolute Gasteiger partial charge is 0.497 e. The summed E-state index contributed by atoms with van der Waals surface area (Å²) in [6, 6.07) is 18.2. The number of hydrogen-bond donors (Lipinski definition) is 1. The van der Waals surface area contributed by atoms with Gasteiger partial charge in [0.1, 0.15) is 18.1 Å². The summed E-state index contributed by atoms with van der Waals surface area (Å²) >= 11 is 0. The van der Waals surface area contributed by atoms with Gasteiger partial charge >= 0.3 is 0 Å². The normalized spacial score (nSPS) is 12.1. The summed E-state index contributed by atoms with van der Waals surface area (Å²) in [6.07, 6.45) is 0. The molecule has 0 bridgehead atoms. The fraction of sp³-hybridized carbons (Fsp3) is 0.208. The Kier molecular flexibility index (Phi) is 7.15. The molecule has 3 aromatic carbocycles. The molecule has 0 fully saturated rings. The van der Waals surface area contributed by atoms with E-state index >= 15 is 0 Å². The number of aryl methyl sites for hydroxylation is 1. The van der Waals surface area contributed by atoms with E-state index in [0.29, 0.717) is 5.75 Å². The van der Waals surface area contributed by atoms with Crippen LogP contribution >= 0.6 is 0 Å². The van der Waals surface area contributed by atoms with E-state index in [1.165, 1.54) is 24.3 Å². The second-order valence-corrected chi connectivity index (χ2v) is 9.23. The Bertz CT molecular complexity index is 1160. The maximum atomic E-state index is 13.4. The summed E-state index contributed by atoms with van der Waals surface area (Å²) < 4.78 is 46.2. The number of carbonyl (C=O) groups excluding carboxylic acids is 1. The van der Waals surface area contributed by atoms with E-state index in [1.807, 2.05) is 19.1 Å². The van der Waals surface area contributed by atoms with Gasteiger partial charge in [0.25, 0.3) is 10.0 Å². The Labute approximate surface area is 187 Å². The third-order valence-electron chi connectivity index (χ3n) is 5.00. The van der Waals surface area contributed by atoms with E-state index in [-0.39, 0.29) is 16.6 Å². The molecule has 168 valence electrons. The van der Waals surface area contributed by atoms with E-state index in [4.69, 9.17) is 4.74 Å². The minimum Gasteiger partial charge on any atom is -0.497 e. The van der Waals surface area contributed by atoms with Crippen molar-refractivity contribution in [1.82, 2.24) is 5.32 Å². The van der Waals surface area contributed by atoms with Crippen molar-refractivity contribution in [2.24, 2.45) is 0 Å². The maximum absolute atomic E-state index is 13.4. The van der Waals surface area contributed by atoms with Crippen LogP contribution in [0.5, 0.6) is 5.75 Å². The molecule has 0 heterocycles. The molecule has 3 rings (SSSR count). The zero-order valence-corrected chi connectivity index (χ0v) is 18.9. The number of ether oxygens (including phenoxy) is 1. The second kappa shape index (κ2) is 9.82. The fourth-order valence-electron chi connectivity index (χ4n) is 3.15. The molecule has 0 unspecified atom stereocenters. The predicted molar refractivity (Wildman–Crippen MR) is 122 cm³/mol. The van der Waals surface area contributed by atoms with Gasteiger partial charge in [-0.15, -0.1) is 0 Å². The van der Waals surface area contributed by atoms with Crippen LogP contribution < -0.4 is 14.4 Å². The molecular weight excluding hydrogens is 431 g/mol. The van der Waals surface area contributed by atoms with Gasteiger partial charge in [-0.3, -0.25) is 9.10 Å². The lowest BCUT2D eigenvalue weighted by Gasteiger charge is -2.25. The van der Waals surface area contributed by atoms with E-state index in [9.17, 15) is 17.6 Å². The number of methoxy groups -OCH3 is 1. The van der Waals surface area contributed by atoms with Crippen molar-refractivity contribution < 1.29 is 22.3 Å². The molecule has 1 N–H and O–H groups in total. The fourth-order valence-corrected chi connectivity index (χ4v) is 4.57. The lowest BCUT2D eigenvalue weighted by atomic mass is 10.1. The van der Waals surface area contributed by atoms with E-state index in [0.717, 1.165) is 27.6 Å². The second-order valence-electron chi connectivity index (χ2n) is 7.36. The first-order valence-electron chi connectivity index (χ1n) is 9.99. The van der Waals surface area contributed by atoms with Gasteiger partial charge in [-0.05, 0) is 67.9 Å². The molecule has 32 heavy (non-hydrogen) atoms. The number of nitrogens with zero attached hydrogens (tertiary/aromatic N) is 1. The van der Waals surface area contributed by atoms with Crippen LogP contribution in [0.3, 0.4) is 0 Å². The third-order valence-corrected chi connectivity index (χ3v) is 6.79. The molecular formula is C24H25FN2O4S. The smallest absolute Gasteiger partial charge is 0.264 e. The van der Waals surface area contributed by atoms with E-state index in [2.05, 4.69) is 5.32 Å².